The molecule has 0 spiro atoms. The van der Waals surface area contributed by atoms with Crippen LogP contribution in [0.5, 0.6) is 5.75 Å². The third-order valence-corrected chi connectivity index (χ3v) is 3.76. The lowest BCUT2D eigenvalue weighted by molar-refractivity contribution is 0.415. The lowest BCUT2D eigenvalue weighted by Gasteiger charge is -2.15. The molecular weight excluding hydrogens is 288 g/mol. The molecule has 4 nitrogen and oxygen atoms in total. The van der Waals surface area contributed by atoms with Gasteiger partial charge < -0.3 is 10.5 Å². The smallest absolute Gasteiger partial charge is 0.260 e. The van der Waals surface area contributed by atoms with Gasteiger partial charge in [0.05, 0.1) is 12.8 Å². The number of nitrogens with zero attached hydrogens (tertiary/aromatic N) is 1. The van der Waals surface area contributed by atoms with Crippen LogP contribution in [0.2, 0.25) is 0 Å². The van der Waals surface area contributed by atoms with Gasteiger partial charge in [0.15, 0.2) is 0 Å². The fourth-order valence-electron chi connectivity index (χ4n) is 2.57. The van der Waals surface area contributed by atoms with Crippen molar-refractivity contribution in [1.29, 1.82) is 0 Å². The van der Waals surface area contributed by atoms with Gasteiger partial charge in [0.25, 0.3) is 5.56 Å². The Morgan fingerprint density at radius 2 is 1.78 bits per heavy atom. The minimum Gasteiger partial charge on any atom is -0.497 e. The number of rotatable bonds is 4. The van der Waals surface area contributed by atoms with Gasteiger partial charge >= 0.3 is 0 Å². The number of para-hydroxylation sites is 1. The molecule has 3 aromatic rings. The molecule has 0 saturated carbocycles. The Balaban J connectivity index is 2.29. The van der Waals surface area contributed by atoms with E-state index in [9.17, 15) is 4.79 Å². The number of benzene rings is 2. The van der Waals surface area contributed by atoms with Crippen molar-refractivity contribution in [3.63, 3.8) is 0 Å². The summed E-state index contributed by atoms with van der Waals surface area (Å²) in [6.45, 7) is 0.212. The summed E-state index contributed by atoms with van der Waals surface area (Å²) in [7, 11) is 1.63. The van der Waals surface area contributed by atoms with Crippen molar-refractivity contribution in [2.75, 3.05) is 7.11 Å². The number of nitrogens with two attached hydrogens (primary N) is 1. The lowest BCUT2D eigenvalue weighted by Crippen LogP contribution is -2.25. The van der Waals surface area contributed by atoms with Gasteiger partial charge in [0, 0.05) is 23.4 Å². The van der Waals surface area contributed by atoms with E-state index in [0.717, 1.165) is 22.7 Å². The Bertz CT molecular complexity index is 870. The van der Waals surface area contributed by atoms with Crippen LogP contribution >= 0.6 is 0 Å². The number of pyridine rings is 1. The zero-order valence-corrected chi connectivity index (χ0v) is 12.9. The molecule has 0 amide bonds. The largest absolute Gasteiger partial charge is 0.497 e. The van der Waals surface area contributed by atoms with Crippen LogP contribution in [0.25, 0.3) is 16.9 Å². The number of hydrogen-bond acceptors (Lipinski definition) is 3. The SMILES string of the molecule is COc1cccc(-c2ccc(CN)c(=O)n2-c2ccccc2)c1. The Morgan fingerprint density at radius 1 is 1.00 bits per heavy atom. The third-order valence-electron chi connectivity index (χ3n) is 3.76. The summed E-state index contributed by atoms with van der Waals surface area (Å²) < 4.78 is 6.98. The zero-order valence-electron chi connectivity index (χ0n) is 12.9. The fraction of sp³-hybridized carbons (Fsp3) is 0.105. The van der Waals surface area contributed by atoms with E-state index in [-0.39, 0.29) is 12.1 Å². The highest BCUT2D eigenvalue weighted by Gasteiger charge is 2.12. The zero-order chi connectivity index (χ0) is 16.2. The van der Waals surface area contributed by atoms with Gasteiger partial charge in [-0.25, -0.2) is 0 Å². The number of ether oxygens (including phenoxy) is 1. The number of aromatic nitrogens is 1. The van der Waals surface area contributed by atoms with Gasteiger partial charge in [0.1, 0.15) is 5.75 Å². The quantitative estimate of drug-likeness (QED) is 0.806. The minimum absolute atomic E-state index is 0.0981. The summed E-state index contributed by atoms with van der Waals surface area (Å²) in [5.41, 5.74) is 8.71. The van der Waals surface area contributed by atoms with E-state index in [0.29, 0.717) is 5.56 Å². The fourth-order valence-corrected chi connectivity index (χ4v) is 2.57. The molecule has 0 aliphatic rings. The maximum absolute atomic E-state index is 12.8. The van der Waals surface area contributed by atoms with E-state index in [2.05, 4.69) is 0 Å². The highest BCUT2D eigenvalue weighted by molar-refractivity contribution is 5.64. The second kappa shape index (κ2) is 6.50. The van der Waals surface area contributed by atoms with E-state index in [1.807, 2.05) is 60.7 Å². The standard InChI is InChI=1S/C19H18N2O2/c1-23-17-9-5-6-14(12-17)18-11-10-15(13-20)19(22)21(18)16-7-3-2-4-8-16/h2-12H,13,20H2,1H3. The monoisotopic (exact) mass is 306 g/mol. The first-order valence-corrected chi connectivity index (χ1v) is 7.39. The van der Waals surface area contributed by atoms with Crippen molar-refractivity contribution in [3.05, 3.63) is 82.6 Å². The van der Waals surface area contributed by atoms with Gasteiger partial charge in [-0.3, -0.25) is 9.36 Å². The maximum Gasteiger partial charge on any atom is 0.260 e. The van der Waals surface area contributed by atoms with Gasteiger partial charge in [-0.15, -0.1) is 0 Å². The molecule has 0 fully saturated rings. The van der Waals surface area contributed by atoms with Gasteiger partial charge in [-0.2, -0.15) is 0 Å². The molecule has 3 rings (SSSR count). The first-order valence-electron chi connectivity index (χ1n) is 7.39. The van der Waals surface area contributed by atoms with Crippen molar-refractivity contribution in [2.24, 2.45) is 5.73 Å². The van der Waals surface area contributed by atoms with Crippen molar-refractivity contribution in [3.8, 4) is 22.7 Å². The summed E-state index contributed by atoms with van der Waals surface area (Å²) in [5, 5.41) is 0. The number of hydrogen-bond donors (Lipinski definition) is 1. The average molecular weight is 306 g/mol. The molecule has 2 N–H and O–H groups in total. The minimum atomic E-state index is -0.0981. The number of methoxy groups -OCH3 is 1. The predicted octanol–water partition coefficient (Wildman–Crippen LogP) is 2.97. The van der Waals surface area contributed by atoms with E-state index in [1.54, 1.807) is 17.7 Å². The van der Waals surface area contributed by atoms with Crippen molar-refractivity contribution in [1.82, 2.24) is 4.57 Å². The van der Waals surface area contributed by atoms with E-state index in [4.69, 9.17) is 10.5 Å². The Kier molecular flexibility index (Phi) is 4.26. The molecule has 0 aliphatic carbocycles. The summed E-state index contributed by atoms with van der Waals surface area (Å²) in [6.07, 6.45) is 0. The third kappa shape index (κ3) is 2.89. The molecule has 0 saturated heterocycles. The van der Waals surface area contributed by atoms with Crippen LogP contribution in [-0.4, -0.2) is 11.7 Å². The molecule has 0 radical (unpaired) electrons. The first-order chi connectivity index (χ1) is 11.2. The summed E-state index contributed by atoms with van der Waals surface area (Å²) in [5.74, 6) is 0.748. The molecule has 116 valence electrons. The van der Waals surface area contributed by atoms with Gasteiger partial charge in [0.2, 0.25) is 0 Å². The van der Waals surface area contributed by atoms with Crippen molar-refractivity contribution in [2.45, 2.75) is 6.54 Å². The van der Waals surface area contributed by atoms with Crippen LogP contribution < -0.4 is 16.0 Å². The van der Waals surface area contributed by atoms with Crippen LogP contribution in [0.15, 0.2) is 71.5 Å². The van der Waals surface area contributed by atoms with Crippen LogP contribution in [0, 0.1) is 0 Å². The van der Waals surface area contributed by atoms with Crippen molar-refractivity contribution >= 4 is 0 Å². The Hall–Kier alpha value is -2.85. The Morgan fingerprint density at radius 3 is 2.48 bits per heavy atom. The molecule has 1 aromatic heterocycles. The first kappa shape index (κ1) is 15.1. The normalized spacial score (nSPS) is 10.5. The summed E-state index contributed by atoms with van der Waals surface area (Å²) >= 11 is 0. The van der Waals surface area contributed by atoms with Gasteiger partial charge in [-0.1, -0.05) is 36.4 Å². The van der Waals surface area contributed by atoms with Crippen molar-refractivity contribution < 1.29 is 4.74 Å². The second-order valence-corrected chi connectivity index (χ2v) is 5.16. The maximum atomic E-state index is 12.8. The molecular formula is C19H18N2O2. The second-order valence-electron chi connectivity index (χ2n) is 5.16. The predicted molar refractivity (Wildman–Crippen MR) is 91.9 cm³/mol. The lowest BCUT2D eigenvalue weighted by atomic mass is 10.1. The van der Waals surface area contributed by atoms with Crippen LogP contribution in [0.1, 0.15) is 5.56 Å². The van der Waals surface area contributed by atoms with Crippen LogP contribution in [0.4, 0.5) is 0 Å². The highest BCUT2D eigenvalue weighted by Crippen LogP contribution is 2.25. The molecule has 4 heteroatoms. The molecule has 0 bridgehead atoms. The Labute approximate surface area is 134 Å². The molecule has 2 aromatic carbocycles. The molecule has 0 unspecified atom stereocenters. The van der Waals surface area contributed by atoms with E-state index in [1.165, 1.54) is 0 Å². The van der Waals surface area contributed by atoms with E-state index >= 15 is 0 Å². The average Bonchev–Trinajstić information content (AvgIpc) is 2.62. The highest BCUT2D eigenvalue weighted by atomic mass is 16.5. The van der Waals surface area contributed by atoms with Gasteiger partial charge in [-0.05, 0) is 30.3 Å². The molecule has 23 heavy (non-hydrogen) atoms. The summed E-state index contributed by atoms with van der Waals surface area (Å²) in [4.78, 5) is 12.8. The molecule has 0 atom stereocenters. The van der Waals surface area contributed by atoms with Crippen LogP contribution in [0.3, 0.4) is 0 Å². The molecule has 1 heterocycles. The van der Waals surface area contributed by atoms with Crippen LogP contribution in [-0.2, 0) is 6.54 Å². The van der Waals surface area contributed by atoms with E-state index < -0.39 is 0 Å². The summed E-state index contributed by atoms with van der Waals surface area (Å²) in [6, 6.07) is 20.9. The molecule has 0 aliphatic heterocycles. The topological polar surface area (TPSA) is 57.2 Å².